The van der Waals surface area contributed by atoms with Crippen molar-refractivity contribution in [1.29, 1.82) is 0 Å². The lowest BCUT2D eigenvalue weighted by atomic mass is 10.2. The number of fused-ring (bicyclic) bond motifs is 3. The van der Waals surface area contributed by atoms with E-state index in [0.717, 1.165) is 0 Å². The molecular weight excluding hydrogens is 254 g/mol. The molecule has 1 nitrogen and oxygen atoms in total. The molecule has 0 aliphatic carbocycles. The van der Waals surface area contributed by atoms with Crippen molar-refractivity contribution in [3.8, 4) is 0 Å². The molecule has 1 heteroatoms. The number of H-pyrrole nitrogens is 1. The molecule has 0 bridgehead atoms. The molecule has 1 heterocycles. The third-order valence-corrected chi connectivity index (χ3v) is 3.63. The maximum Gasteiger partial charge on any atom is 0.0464 e. The number of hydrogen-bond acceptors (Lipinski definition) is 0. The first-order valence-electron chi connectivity index (χ1n) is 7.23. The molecule has 3 aromatic carbocycles. The highest BCUT2D eigenvalue weighted by Gasteiger charge is 2.00. The van der Waals surface area contributed by atoms with Gasteiger partial charge in [-0.05, 0) is 26.0 Å². The molecule has 0 atom stereocenters. The molecular formula is C20H19N. The van der Waals surface area contributed by atoms with Crippen LogP contribution in [0.15, 0.2) is 72.8 Å². The molecule has 4 aromatic rings. The van der Waals surface area contributed by atoms with Crippen LogP contribution in [0.1, 0.15) is 11.1 Å². The van der Waals surface area contributed by atoms with Crippen LogP contribution >= 0.6 is 0 Å². The van der Waals surface area contributed by atoms with E-state index in [-0.39, 0.29) is 0 Å². The van der Waals surface area contributed by atoms with Crippen molar-refractivity contribution < 1.29 is 0 Å². The lowest BCUT2D eigenvalue weighted by Crippen LogP contribution is -1.70. The first-order valence-corrected chi connectivity index (χ1v) is 7.23. The second-order valence-electron chi connectivity index (χ2n) is 5.37. The van der Waals surface area contributed by atoms with Crippen LogP contribution in [0.3, 0.4) is 0 Å². The minimum Gasteiger partial charge on any atom is -0.355 e. The second kappa shape index (κ2) is 5.84. The van der Waals surface area contributed by atoms with Gasteiger partial charge in [-0.2, -0.15) is 0 Å². The molecule has 0 unspecified atom stereocenters. The third-order valence-electron chi connectivity index (χ3n) is 3.63. The standard InChI is InChI=1S/C12H9N.C8H10/c1-3-7-11-9(5-1)10-6-2-4-8-12(10)13-11;1-7-3-5-8(2)6-4-7/h1-8,13H;3-6H,1-2H3. The second-order valence-corrected chi connectivity index (χ2v) is 5.37. The molecule has 0 radical (unpaired) electrons. The van der Waals surface area contributed by atoms with Gasteiger partial charge in [-0.3, -0.25) is 0 Å². The summed E-state index contributed by atoms with van der Waals surface area (Å²) >= 11 is 0. The van der Waals surface area contributed by atoms with Gasteiger partial charge >= 0.3 is 0 Å². The van der Waals surface area contributed by atoms with Crippen molar-refractivity contribution >= 4 is 21.8 Å². The van der Waals surface area contributed by atoms with Gasteiger partial charge in [0.1, 0.15) is 0 Å². The Bertz CT molecular complexity index is 782. The topological polar surface area (TPSA) is 15.8 Å². The van der Waals surface area contributed by atoms with Gasteiger partial charge in [0.25, 0.3) is 0 Å². The highest BCUT2D eigenvalue weighted by molar-refractivity contribution is 6.06. The summed E-state index contributed by atoms with van der Waals surface area (Å²) in [5.41, 5.74) is 5.08. The Kier molecular flexibility index (Phi) is 3.74. The van der Waals surface area contributed by atoms with Gasteiger partial charge in [-0.1, -0.05) is 71.8 Å². The predicted octanol–water partition coefficient (Wildman–Crippen LogP) is 5.62. The number of benzene rings is 3. The quantitative estimate of drug-likeness (QED) is 0.427. The van der Waals surface area contributed by atoms with Gasteiger partial charge < -0.3 is 4.98 Å². The van der Waals surface area contributed by atoms with E-state index < -0.39 is 0 Å². The largest absolute Gasteiger partial charge is 0.355 e. The molecule has 0 saturated heterocycles. The molecule has 21 heavy (non-hydrogen) atoms. The predicted molar refractivity (Wildman–Crippen MR) is 91.7 cm³/mol. The van der Waals surface area contributed by atoms with Crippen molar-refractivity contribution in [2.24, 2.45) is 0 Å². The molecule has 1 N–H and O–H groups in total. The average molecular weight is 273 g/mol. The third kappa shape index (κ3) is 2.97. The first kappa shape index (κ1) is 13.4. The molecule has 0 spiro atoms. The van der Waals surface area contributed by atoms with Crippen molar-refractivity contribution in [2.45, 2.75) is 13.8 Å². The number of aromatic nitrogens is 1. The van der Waals surface area contributed by atoms with Crippen molar-refractivity contribution in [1.82, 2.24) is 4.98 Å². The SMILES string of the molecule is Cc1ccc(C)cc1.c1ccc2c(c1)[nH]c1ccccc12. The van der Waals surface area contributed by atoms with E-state index in [4.69, 9.17) is 0 Å². The number of rotatable bonds is 0. The summed E-state index contributed by atoms with van der Waals surface area (Å²) in [6, 6.07) is 25.2. The fourth-order valence-corrected chi connectivity index (χ4v) is 2.44. The van der Waals surface area contributed by atoms with Crippen LogP contribution in [0.4, 0.5) is 0 Å². The molecule has 0 aliphatic heterocycles. The monoisotopic (exact) mass is 273 g/mol. The number of para-hydroxylation sites is 2. The molecule has 4 rings (SSSR count). The molecule has 104 valence electrons. The fourth-order valence-electron chi connectivity index (χ4n) is 2.44. The Morgan fingerprint density at radius 1 is 0.524 bits per heavy atom. The lowest BCUT2D eigenvalue weighted by molar-refractivity contribution is 1.40. The van der Waals surface area contributed by atoms with Crippen molar-refractivity contribution in [3.05, 3.63) is 83.9 Å². The van der Waals surface area contributed by atoms with E-state index in [1.807, 2.05) is 0 Å². The summed E-state index contributed by atoms with van der Waals surface area (Å²) in [6.45, 7) is 4.19. The van der Waals surface area contributed by atoms with Crippen LogP contribution in [-0.2, 0) is 0 Å². The average Bonchev–Trinajstić information content (AvgIpc) is 2.90. The van der Waals surface area contributed by atoms with E-state index in [1.165, 1.54) is 32.9 Å². The number of hydrogen-bond donors (Lipinski definition) is 1. The van der Waals surface area contributed by atoms with Crippen LogP contribution < -0.4 is 0 Å². The van der Waals surface area contributed by atoms with Crippen molar-refractivity contribution in [3.63, 3.8) is 0 Å². The minimum absolute atomic E-state index is 1.21. The summed E-state index contributed by atoms with van der Waals surface area (Å²) in [6.07, 6.45) is 0. The summed E-state index contributed by atoms with van der Waals surface area (Å²) in [5, 5.41) is 2.61. The molecule has 0 aliphatic rings. The molecule has 1 aromatic heterocycles. The summed E-state index contributed by atoms with van der Waals surface area (Å²) < 4.78 is 0. The Labute approximate surface area is 125 Å². The van der Waals surface area contributed by atoms with Crippen LogP contribution in [0.5, 0.6) is 0 Å². The molecule has 0 fully saturated rings. The van der Waals surface area contributed by atoms with Crippen LogP contribution in [-0.4, -0.2) is 4.98 Å². The molecule has 0 amide bonds. The highest BCUT2D eigenvalue weighted by atomic mass is 14.7. The van der Waals surface area contributed by atoms with Crippen LogP contribution in [0, 0.1) is 13.8 Å². The Morgan fingerprint density at radius 2 is 0.905 bits per heavy atom. The zero-order valence-corrected chi connectivity index (χ0v) is 12.4. The zero-order valence-electron chi connectivity index (χ0n) is 12.4. The summed E-state index contributed by atoms with van der Waals surface area (Å²) in [7, 11) is 0. The van der Waals surface area contributed by atoms with Gasteiger partial charge in [0.2, 0.25) is 0 Å². The Morgan fingerprint density at radius 3 is 1.33 bits per heavy atom. The number of aryl methyl sites for hydroxylation is 2. The fraction of sp³-hybridized carbons (Fsp3) is 0.100. The molecule has 0 saturated carbocycles. The van der Waals surface area contributed by atoms with E-state index >= 15 is 0 Å². The van der Waals surface area contributed by atoms with E-state index in [9.17, 15) is 0 Å². The number of nitrogens with one attached hydrogen (secondary N) is 1. The van der Waals surface area contributed by atoms with Gasteiger partial charge in [-0.25, -0.2) is 0 Å². The maximum atomic E-state index is 3.38. The van der Waals surface area contributed by atoms with Crippen LogP contribution in [0.2, 0.25) is 0 Å². The normalized spacial score (nSPS) is 10.4. The first-order chi connectivity index (χ1) is 10.2. The maximum absolute atomic E-state index is 3.38. The van der Waals surface area contributed by atoms with E-state index in [2.05, 4.69) is 91.6 Å². The van der Waals surface area contributed by atoms with Crippen molar-refractivity contribution in [2.75, 3.05) is 0 Å². The minimum atomic E-state index is 1.21. The number of aromatic amines is 1. The Balaban J connectivity index is 0.000000143. The van der Waals surface area contributed by atoms with Crippen LogP contribution in [0.25, 0.3) is 21.8 Å². The van der Waals surface area contributed by atoms with Gasteiger partial charge in [0.15, 0.2) is 0 Å². The van der Waals surface area contributed by atoms with Gasteiger partial charge in [0.05, 0.1) is 0 Å². The smallest absolute Gasteiger partial charge is 0.0464 e. The van der Waals surface area contributed by atoms with E-state index in [0.29, 0.717) is 0 Å². The highest BCUT2D eigenvalue weighted by Crippen LogP contribution is 2.24. The lowest BCUT2D eigenvalue weighted by Gasteiger charge is -1.90. The van der Waals surface area contributed by atoms with Gasteiger partial charge in [0, 0.05) is 21.8 Å². The van der Waals surface area contributed by atoms with E-state index in [1.54, 1.807) is 0 Å². The zero-order chi connectivity index (χ0) is 14.7. The Hall–Kier alpha value is -2.54. The van der Waals surface area contributed by atoms with Gasteiger partial charge in [-0.15, -0.1) is 0 Å². The summed E-state index contributed by atoms with van der Waals surface area (Å²) in [5.74, 6) is 0. The summed E-state index contributed by atoms with van der Waals surface area (Å²) in [4.78, 5) is 3.38.